The fourth-order valence-corrected chi connectivity index (χ4v) is 8.51. The van der Waals surface area contributed by atoms with Crippen LogP contribution in [0.1, 0.15) is 33.4 Å². The Kier molecular flexibility index (Phi) is 8.90. The molecule has 0 atom stereocenters. The standard InChI is InChI=1S/C57H38N2O/c1-4-13-39(14-5-1)40-25-23-38(24-26-40)33-47-34-45-28-27-43(35-51(45)49-20-11-10-19-48(47)49)44-29-31-50-52-36-46(30-32-55(52)60-56(50)37-44)54-22-12-21-53(41-15-6-2-7-16-41)58-57(59-54)42-17-8-3-9-18-42/h1-33,35-37H,34H2/b21-12+,22-12?,47-33-,53-21?,54-22?,58-53?,58-57?,59-54?,59-57?. The summed E-state index contributed by atoms with van der Waals surface area (Å²) in [7, 11) is 0. The number of fused-ring (bicyclic) bond motifs is 6. The highest BCUT2D eigenvalue weighted by atomic mass is 16.3. The Morgan fingerprint density at radius 3 is 1.85 bits per heavy atom. The smallest absolute Gasteiger partial charge is 0.160 e. The second-order valence-electron chi connectivity index (χ2n) is 15.4. The van der Waals surface area contributed by atoms with Crippen molar-refractivity contribution >= 4 is 50.8 Å². The van der Waals surface area contributed by atoms with Crippen LogP contribution in [0.2, 0.25) is 0 Å². The molecule has 2 heterocycles. The van der Waals surface area contributed by atoms with Crippen LogP contribution >= 0.6 is 0 Å². The molecule has 60 heavy (non-hydrogen) atoms. The van der Waals surface area contributed by atoms with Gasteiger partial charge in [0.15, 0.2) is 5.84 Å². The van der Waals surface area contributed by atoms with Gasteiger partial charge in [-0.2, -0.15) is 0 Å². The molecular formula is C57H38N2O. The second-order valence-corrected chi connectivity index (χ2v) is 15.4. The minimum atomic E-state index is 0.667. The lowest BCUT2D eigenvalue weighted by atomic mass is 9.80. The molecule has 0 bridgehead atoms. The number of amidine groups is 1. The third-order valence-electron chi connectivity index (χ3n) is 11.6. The van der Waals surface area contributed by atoms with Gasteiger partial charge >= 0.3 is 0 Å². The highest BCUT2D eigenvalue weighted by Gasteiger charge is 2.21. The van der Waals surface area contributed by atoms with E-state index in [4.69, 9.17) is 14.4 Å². The monoisotopic (exact) mass is 766 g/mol. The molecule has 0 saturated carbocycles. The van der Waals surface area contributed by atoms with Crippen molar-refractivity contribution in [3.8, 4) is 33.4 Å². The Hall–Kier alpha value is -7.88. The number of aliphatic imine (C=N–C) groups is 2. The van der Waals surface area contributed by atoms with E-state index in [9.17, 15) is 0 Å². The fourth-order valence-electron chi connectivity index (χ4n) is 8.51. The highest BCUT2D eigenvalue weighted by molar-refractivity contribution is 6.18. The molecule has 1 aliphatic carbocycles. The Balaban J connectivity index is 0.908. The Morgan fingerprint density at radius 1 is 0.433 bits per heavy atom. The molecule has 1 aliphatic heterocycles. The topological polar surface area (TPSA) is 37.9 Å². The molecule has 8 aromatic carbocycles. The second kappa shape index (κ2) is 15.1. The summed E-state index contributed by atoms with van der Waals surface area (Å²) in [4.78, 5) is 10.3. The summed E-state index contributed by atoms with van der Waals surface area (Å²) >= 11 is 0. The summed E-state index contributed by atoms with van der Waals surface area (Å²) < 4.78 is 6.53. The first-order valence-electron chi connectivity index (χ1n) is 20.4. The number of benzene rings is 8. The van der Waals surface area contributed by atoms with Crippen LogP contribution in [0.15, 0.2) is 227 Å². The fraction of sp³-hybridized carbons (Fsp3) is 0.0175. The minimum Gasteiger partial charge on any atom is -0.456 e. The molecule has 9 aromatic rings. The molecule has 0 radical (unpaired) electrons. The summed E-state index contributed by atoms with van der Waals surface area (Å²) in [5.74, 6) is 0.667. The Bertz CT molecular complexity index is 3240. The van der Waals surface area contributed by atoms with Gasteiger partial charge < -0.3 is 4.42 Å². The van der Waals surface area contributed by atoms with Crippen LogP contribution in [-0.4, -0.2) is 11.5 Å². The molecule has 2 aliphatic rings. The third kappa shape index (κ3) is 6.72. The van der Waals surface area contributed by atoms with Gasteiger partial charge in [-0.25, -0.2) is 9.98 Å². The number of hydrogen-bond donors (Lipinski definition) is 0. The lowest BCUT2D eigenvalue weighted by Crippen LogP contribution is -2.06. The maximum Gasteiger partial charge on any atom is 0.160 e. The zero-order chi connectivity index (χ0) is 39.8. The van der Waals surface area contributed by atoms with E-state index in [1.165, 1.54) is 50.1 Å². The maximum atomic E-state index is 6.53. The molecule has 0 amide bonds. The van der Waals surface area contributed by atoms with Gasteiger partial charge in [-0.3, -0.25) is 0 Å². The summed E-state index contributed by atoms with van der Waals surface area (Å²) in [6.45, 7) is 0. The molecule has 3 heteroatoms. The van der Waals surface area contributed by atoms with Gasteiger partial charge in [-0.15, -0.1) is 0 Å². The minimum absolute atomic E-state index is 0.667. The molecule has 0 saturated heterocycles. The van der Waals surface area contributed by atoms with Gasteiger partial charge in [0.1, 0.15) is 11.2 Å². The maximum absolute atomic E-state index is 6.53. The molecule has 11 rings (SSSR count). The average Bonchev–Trinajstić information content (AvgIpc) is 3.67. The lowest BCUT2D eigenvalue weighted by Gasteiger charge is -2.23. The molecule has 282 valence electrons. The predicted molar refractivity (Wildman–Crippen MR) is 251 cm³/mol. The highest BCUT2D eigenvalue weighted by Crippen LogP contribution is 2.42. The largest absolute Gasteiger partial charge is 0.456 e. The van der Waals surface area contributed by atoms with Gasteiger partial charge in [-0.05, 0) is 111 Å². The van der Waals surface area contributed by atoms with Gasteiger partial charge in [0.05, 0.1) is 11.4 Å². The molecule has 1 aromatic heterocycles. The van der Waals surface area contributed by atoms with Crippen molar-refractivity contribution in [3.05, 3.63) is 246 Å². The first-order valence-corrected chi connectivity index (χ1v) is 20.4. The van der Waals surface area contributed by atoms with Crippen molar-refractivity contribution in [1.82, 2.24) is 0 Å². The number of hydrogen-bond acceptors (Lipinski definition) is 3. The van der Waals surface area contributed by atoms with E-state index in [0.29, 0.717) is 5.84 Å². The van der Waals surface area contributed by atoms with Crippen molar-refractivity contribution in [2.45, 2.75) is 6.42 Å². The molecule has 0 spiro atoms. The van der Waals surface area contributed by atoms with E-state index in [0.717, 1.165) is 62.0 Å². The molecule has 0 unspecified atom stereocenters. The van der Waals surface area contributed by atoms with Crippen LogP contribution in [0, 0.1) is 0 Å². The number of rotatable bonds is 6. The Morgan fingerprint density at radius 2 is 1.07 bits per heavy atom. The lowest BCUT2D eigenvalue weighted by molar-refractivity contribution is 0.669. The zero-order valence-corrected chi connectivity index (χ0v) is 32.8. The van der Waals surface area contributed by atoms with Crippen LogP contribution in [-0.2, 0) is 6.42 Å². The van der Waals surface area contributed by atoms with E-state index in [1.54, 1.807) is 0 Å². The van der Waals surface area contributed by atoms with Crippen LogP contribution < -0.4 is 0 Å². The molecule has 0 N–H and O–H groups in total. The quantitative estimate of drug-likeness (QED) is 0.166. The SMILES string of the molecule is C1=C(c2ccc3oc4cc(-c5ccc6c(c5)-c5ccccc5/C(=C\c5ccc(-c7ccccc7)cc5)C6)ccc4c3c2)N=C(c2ccccc2)N=C(c2ccccc2)/C=C/1. The van der Waals surface area contributed by atoms with E-state index >= 15 is 0 Å². The Labute approximate surface area is 349 Å². The van der Waals surface area contributed by atoms with Crippen molar-refractivity contribution in [2.24, 2.45) is 9.98 Å². The normalized spacial score (nSPS) is 14.7. The van der Waals surface area contributed by atoms with Crippen LogP contribution in [0.5, 0.6) is 0 Å². The zero-order valence-electron chi connectivity index (χ0n) is 32.8. The van der Waals surface area contributed by atoms with Crippen molar-refractivity contribution in [2.75, 3.05) is 0 Å². The molecule has 3 nitrogen and oxygen atoms in total. The molecule has 0 fully saturated rings. The number of furan rings is 1. The summed E-state index contributed by atoms with van der Waals surface area (Å²) in [5, 5.41) is 2.13. The first-order chi connectivity index (χ1) is 29.7. The van der Waals surface area contributed by atoms with Gasteiger partial charge in [-0.1, -0.05) is 170 Å². The summed E-state index contributed by atoms with van der Waals surface area (Å²) in [6, 6.07) is 68.5. The van der Waals surface area contributed by atoms with Crippen molar-refractivity contribution in [3.63, 3.8) is 0 Å². The van der Waals surface area contributed by atoms with Crippen LogP contribution in [0.3, 0.4) is 0 Å². The number of nitrogens with zero attached hydrogens (tertiary/aromatic N) is 2. The number of allylic oxidation sites excluding steroid dienone is 4. The van der Waals surface area contributed by atoms with Crippen molar-refractivity contribution < 1.29 is 4.42 Å². The van der Waals surface area contributed by atoms with Gasteiger partial charge in [0, 0.05) is 27.5 Å². The van der Waals surface area contributed by atoms with Gasteiger partial charge in [0.25, 0.3) is 0 Å². The van der Waals surface area contributed by atoms with Crippen LogP contribution in [0.4, 0.5) is 0 Å². The molecular weight excluding hydrogens is 729 g/mol. The first kappa shape index (κ1) is 35.3. The van der Waals surface area contributed by atoms with E-state index < -0.39 is 0 Å². The van der Waals surface area contributed by atoms with E-state index in [1.807, 2.05) is 42.5 Å². The summed E-state index contributed by atoms with van der Waals surface area (Å²) in [6.07, 6.45) is 9.39. The average molecular weight is 767 g/mol. The van der Waals surface area contributed by atoms with Crippen LogP contribution in [0.25, 0.3) is 72.7 Å². The van der Waals surface area contributed by atoms with Gasteiger partial charge in [0.2, 0.25) is 0 Å². The third-order valence-corrected chi connectivity index (χ3v) is 11.6. The van der Waals surface area contributed by atoms with E-state index in [2.05, 4.69) is 176 Å². The van der Waals surface area contributed by atoms with E-state index in [-0.39, 0.29) is 0 Å². The van der Waals surface area contributed by atoms with Crippen molar-refractivity contribution in [1.29, 1.82) is 0 Å². The summed E-state index contributed by atoms with van der Waals surface area (Å²) in [5.41, 5.74) is 18.9. The predicted octanol–water partition coefficient (Wildman–Crippen LogP) is 14.5.